The molecule has 152 valence electrons. The zero-order chi connectivity index (χ0) is 21.1. The summed E-state index contributed by atoms with van der Waals surface area (Å²) in [4.78, 5) is 12.2. The monoisotopic (exact) mass is 423 g/mol. The van der Waals surface area contributed by atoms with Gasteiger partial charge in [0.05, 0.1) is 23.7 Å². The summed E-state index contributed by atoms with van der Waals surface area (Å²) >= 11 is 5.88. The van der Waals surface area contributed by atoms with Crippen LogP contribution in [0, 0.1) is 5.82 Å². The van der Waals surface area contributed by atoms with Gasteiger partial charge in [0.15, 0.2) is 0 Å². The Morgan fingerprint density at radius 1 is 1.13 bits per heavy atom. The molecule has 2 N–H and O–H groups in total. The van der Waals surface area contributed by atoms with Gasteiger partial charge in [-0.1, -0.05) is 41.9 Å². The fourth-order valence-corrected chi connectivity index (χ4v) is 3.55. The second-order valence-electron chi connectivity index (χ2n) is 6.87. The minimum Gasteiger partial charge on any atom is -0.395 e. The molecule has 7 heteroatoms. The maximum Gasteiger partial charge on any atom is 0.251 e. The topological polar surface area (TPSA) is 67.2 Å². The standard InChI is InChI=1S/C23H19ClFN3O2/c24-20-11-15(7-8-21(20)25)13-28-14-19-18(5-2-6-22(19)27-28)16-3-1-4-17(12-16)23(30)26-9-10-29/h1-8,11-12,14,29H,9-10,13H2,(H,26,30). The number of nitrogens with zero attached hydrogens (tertiary/aromatic N) is 2. The molecule has 0 aliphatic carbocycles. The molecule has 1 heterocycles. The van der Waals surface area contributed by atoms with E-state index in [4.69, 9.17) is 16.7 Å². The average molecular weight is 424 g/mol. The van der Waals surface area contributed by atoms with E-state index in [1.807, 2.05) is 42.6 Å². The second kappa shape index (κ2) is 8.65. The van der Waals surface area contributed by atoms with Crippen molar-refractivity contribution >= 4 is 28.4 Å². The lowest BCUT2D eigenvalue weighted by Crippen LogP contribution is -2.26. The molecule has 0 spiro atoms. The average Bonchev–Trinajstić information content (AvgIpc) is 3.17. The van der Waals surface area contributed by atoms with Gasteiger partial charge in [0.2, 0.25) is 0 Å². The first-order chi connectivity index (χ1) is 14.5. The van der Waals surface area contributed by atoms with E-state index in [9.17, 15) is 9.18 Å². The molecule has 0 fully saturated rings. The maximum absolute atomic E-state index is 13.4. The van der Waals surface area contributed by atoms with E-state index in [-0.39, 0.29) is 24.1 Å². The summed E-state index contributed by atoms with van der Waals surface area (Å²) in [6.07, 6.45) is 1.93. The van der Waals surface area contributed by atoms with Gasteiger partial charge in [-0.3, -0.25) is 9.48 Å². The molecule has 4 aromatic rings. The Hall–Kier alpha value is -3.22. The van der Waals surface area contributed by atoms with Crippen LogP contribution >= 0.6 is 11.6 Å². The van der Waals surface area contributed by atoms with Gasteiger partial charge in [-0.05, 0) is 47.0 Å². The van der Waals surface area contributed by atoms with Crippen LogP contribution in [0.1, 0.15) is 15.9 Å². The van der Waals surface area contributed by atoms with E-state index in [0.29, 0.717) is 12.1 Å². The predicted octanol–water partition coefficient (Wildman–Crippen LogP) is 4.27. The first-order valence-corrected chi connectivity index (χ1v) is 9.82. The molecule has 0 saturated carbocycles. The van der Waals surface area contributed by atoms with E-state index in [1.165, 1.54) is 6.07 Å². The third-order valence-electron chi connectivity index (χ3n) is 4.76. The Kier molecular flexibility index (Phi) is 5.79. The van der Waals surface area contributed by atoms with Gasteiger partial charge >= 0.3 is 0 Å². The molecule has 0 atom stereocenters. The number of halogens is 2. The van der Waals surface area contributed by atoms with Gasteiger partial charge in [0.25, 0.3) is 5.91 Å². The fraction of sp³-hybridized carbons (Fsp3) is 0.130. The number of amides is 1. The second-order valence-corrected chi connectivity index (χ2v) is 7.28. The first-order valence-electron chi connectivity index (χ1n) is 9.45. The highest BCUT2D eigenvalue weighted by Gasteiger charge is 2.11. The van der Waals surface area contributed by atoms with Gasteiger partial charge in [-0.25, -0.2) is 4.39 Å². The normalized spacial score (nSPS) is 11.0. The van der Waals surface area contributed by atoms with Crippen LogP contribution in [0.4, 0.5) is 4.39 Å². The van der Waals surface area contributed by atoms with E-state index < -0.39 is 5.82 Å². The van der Waals surface area contributed by atoms with Crippen molar-refractivity contribution < 1.29 is 14.3 Å². The summed E-state index contributed by atoms with van der Waals surface area (Å²) in [6.45, 7) is 0.555. The molecule has 0 saturated heterocycles. The highest BCUT2D eigenvalue weighted by molar-refractivity contribution is 6.30. The highest BCUT2D eigenvalue weighted by atomic mass is 35.5. The number of carbonyl (C=O) groups excluding carboxylic acids is 1. The summed E-state index contributed by atoms with van der Waals surface area (Å²) in [7, 11) is 0. The zero-order valence-corrected chi connectivity index (χ0v) is 16.7. The molecule has 0 radical (unpaired) electrons. The van der Waals surface area contributed by atoms with Crippen LogP contribution in [-0.2, 0) is 6.54 Å². The van der Waals surface area contributed by atoms with Crippen LogP contribution in [0.2, 0.25) is 5.02 Å². The smallest absolute Gasteiger partial charge is 0.251 e. The third-order valence-corrected chi connectivity index (χ3v) is 5.05. The van der Waals surface area contributed by atoms with Crippen LogP contribution in [0.25, 0.3) is 22.0 Å². The minimum absolute atomic E-state index is 0.0844. The third kappa shape index (κ3) is 4.20. The largest absolute Gasteiger partial charge is 0.395 e. The zero-order valence-electron chi connectivity index (χ0n) is 16.0. The van der Waals surface area contributed by atoms with Crippen molar-refractivity contribution in [2.45, 2.75) is 6.54 Å². The number of hydrogen-bond donors (Lipinski definition) is 2. The van der Waals surface area contributed by atoms with Crippen LogP contribution in [0.5, 0.6) is 0 Å². The van der Waals surface area contributed by atoms with Crippen molar-refractivity contribution in [2.24, 2.45) is 0 Å². The first kappa shape index (κ1) is 20.1. The summed E-state index contributed by atoms with van der Waals surface area (Å²) < 4.78 is 15.2. The van der Waals surface area contributed by atoms with Crippen molar-refractivity contribution in [2.75, 3.05) is 13.2 Å². The number of fused-ring (bicyclic) bond motifs is 1. The summed E-state index contributed by atoms with van der Waals surface area (Å²) in [6, 6.07) is 17.8. The van der Waals surface area contributed by atoms with Crippen LogP contribution in [-0.4, -0.2) is 33.9 Å². The van der Waals surface area contributed by atoms with Gasteiger partial charge in [-0.15, -0.1) is 0 Å². The quantitative estimate of drug-likeness (QED) is 0.486. The molecule has 0 aliphatic rings. The Bertz CT molecular complexity index is 1220. The van der Waals surface area contributed by atoms with Gasteiger partial charge in [0.1, 0.15) is 5.82 Å². The Balaban J connectivity index is 1.67. The van der Waals surface area contributed by atoms with E-state index in [1.54, 1.807) is 22.9 Å². The van der Waals surface area contributed by atoms with Crippen molar-refractivity contribution in [1.29, 1.82) is 0 Å². The Morgan fingerprint density at radius 3 is 2.77 bits per heavy atom. The predicted molar refractivity (Wildman–Crippen MR) is 115 cm³/mol. The van der Waals surface area contributed by atoms with E-state index in [0.717, 1.165) is 27.6 Å². The molecule has 0 unspecified atom stereocenters. The lowest BCUT2D eigenvalue weighted by atomic mass is 10.00. The van der Waals surface area contributed by atoms with E-state index >= 15 is 0 Å². The molecule has 1 amide bonds. The number of rotatable bonds is 6. The maximum atomic E-state index is 13.4. The number of benzene rings is 3. The summed E-state index contributed by atoms with van der Waals surface area (Å²) in [5.41, 5.74) is 4.02. The van der Waals surface area contributed by atoms with Gasteiger partial charge in [0, 0.05) is 23.7 Å². The van der Waals surface area contributed by atoms with Gasteiger partial charge < -0.3 is 10.4 Å². The summed E-state index contributed by atoms with van der Waals surface area (Å²) in [5, 5.41) is 17.2. The SMILES string of the molecule is O=C(NCCO)c1cccc(-c2cccc3nn(Cc4ccc(F)c(Cl)c4)cc23)c1. The number of aliphatic hydroxyl groups is 1. The summed E-state index contributed by atoms with van der Waals surface area (Å²) in [5.74, 6) is -0.682. The Morgan fingerprint density at radius 2 is 1.97 bits per heavy atom. The van der Waals surface area contributed by atoms with Crippen LogP contribution in [0.15, 0.2) is 66.9 Å². The molecule has 3 aromatic carbocycles. The molecule has 4 rings (SSSR count). The number of carbonyl (C=O) groups is 1. The molecule has 5 nitrogen and oxygen atoms in total. The van der Waals surface area contributed by atoms with E-state index in [2.05, 4.69) is 10.4 Å². The van der Waals surface area contributed by atoms with Crippen LogP contribution < -0.4 is 5.32 Å². The number of hydrogen-bond acceptors (Lipinski definition) is 3. The van der Waals surface area contributed by atoms with Crippen molar-refractivity contribution in [1.82, 2.24) is 15.1 Å². The van der Waals surface area contributed by atoms with Gasteiger partial charge in [-0.2, -0.15) is 5.10 Å². The number of nitrogens with one attached hydrogen (secondary N) is 1. The molecule has 0 bridgehead atoms. The molecular formula is C23H19ClFN3O2. The minimum atomic E-state index is -0.448. The number of aromatic nitrogens is 2. The number of aliphatic hydroxyl groups excluding tert-OH is 1. The molecule has 0 aliphatic heterocycles. The molecular weight excluding hydrogens is 405 g/mol. The van der Waals surface area contributed by atoms with Crippen LogP contribution in [0.3, 0.4) is 0 Å². The lowest BCUT2D eigenvalue weighted by molar-refractivity contribution is 0.0945. The van der Waals surface area contributed by atoms with Crippen molar-refractivity contribution in [3.63, 3.8) is 0 Å². The highest BCUT2D eigenvalue weighted by Crippen LogP contribution is 2.29. The molecule has 1 aromatic heterocycles. The Labute approximate surface area is 177 Å². The van der Waals surface area contributed by atoms with Crippen molar-refractivity contribution in [3.05, 3.63) is 88.8 Å². The fourth-order valence-electron chi connectivity index (χ4n) is 3.35. The van der Waals surface area contributed by atoms with Crippen molar-refractivity contribution in [3.8, 4) is 11.1 Å². The molecule has 30 heavy (non-hydrogen) atoms. The lowest BCUT2D eigenvalue weighted by Gasteiger charge is -2.07.